The molecule has 2 rings (SSSR count). The number of aryl methyl sites for hydroxylation is 1. The Bertz CT molecular complexity index is 413. The number of benzene rings is 1. The number of halogens is 1. The first-order chi connectivity index (χ1) is 8.55. The first kappa shape index (κ1) is 13.9. The van der Waals surface area contributed by atoms with Crippen LogP contribution in [0.1, 0.15) is 30.9 Å². The van der Waals surface area contributed by atoms with E-state index in [2.05, 4.69) is 31.3 Å². The van der Waals surface area contributed by atoms with Crippen LogP contribution < -0.4 is 5.32 Å². The van der Waals surface area contributed by atoms with Crippen molar-refractivity contribution in [1.82, 2.24) is 5.32 Å². The predicted octanol–water partition coefficient (Wildman–Crippen LogP) is 3.35. The van der Waals surface area contributed by atoms with Gasteiger partial charge in [0.05, 0.1) is 5.60 Å². The van der Waals surface area contributed by atoms with Gasteiger partial charge in [0.15, 0.2) is 0 Å². The molecule has 2 nitrogen and oxygen atoms in total. The predicted molar refractivity (Wildman–Crippen MR) is 76.3 cm³/mol. The van der Waals surface area contributed by atoms with Crippen molar-refractivity contribution in [2.75, 3.05) is 13.7 Å². The summed E-state index contributed by atoms with van der Waals surface area (Å²) in [7, 11) is 2.00. The molecular formula is C15H22ClNO. The smallest absolute Gasteiger partial charge is 0.0810 e. The zero-order valence-corrected chi connectivity index (χ0v) is 12.2. The third kappa shape index (κ3) is 2.87. The Morgan fingerprint density at radius 3 is 2.83 bits per heavy atom. The van der Waals surface area contributed by atoms with E-state index in [0.717, 1.165) is 30.9 Å². The molecule has 0 aliphatic carbocycles. The number of ether oxygens (including phenoxy) is 1. The van der Waals surface area contributed by atoms with Gasteiger partial charge in [0, 0.05) is 17.7 Å². The van der Waals surface area contributed by atoms with Gasteiger partial charge in [0.2, 0.25) is 0 Å². The van der Waals surface area contributed by atoms with Gasteiger partial charge >= 0.3 is 0 Å². The Balaban J connectivity index is 2.15. The minimum absolute atomic E-state index is 0.0665. The lowest BCUT2D eigenvalue weighted by Crippen LogP contribution is -2.48. The highest BCUT2D eigenvalue weighted by Crippen LogP contribution is 2.31. The Kier molecular flexibility index (Phi) is 4.31. The summed E-state index contributed by atoms with van der Waals surface area (Å²) in [6.07, 6.45) is 3.17. The standard InChI is InChI=1S/C15H22ClNO/c1-11-5-6-12(13(16)9-11)10-14(17-3)15(2)7-4-8-18-15/h5-6,9,14,17H,4,7-8,10H2,1-3H3. The van der Waals surface area contributed by atoms with Gasteiger partial charge in [-0.3, -0.25) is 0 Å². The second-order valence-electron chi connectivity index (χ2n) is 5.40. The molecular weight excluding hydrogens is 246 g/mol. The maximum Gasteiger partial charge on any atom is 0.0810 e. The molecule has 1 heterocycles. The van der Waals surface area contributed by atoms with Gasteiger partial charge in [-0.25, -0.2) is 0 Å². The van der Waals surface area contributed by atoms with Gasteiger partial charge < -0.3 is 10.1 Å². The summed E-state index contributed by atoms with van der Waals surface area (Å²) in [4.78, 5) is 0. The van der Waals surface area contributed by atoms with Crippen LogP contribution in [0.25, 0.3) is 0 Å². The molecule has 1 aliphatic heterocycles. The highest BCUT2D eigenvalue weighted by atomic mass is 35.5. The van der Waals surface area contributed by atoms with E-state index in [0.29, 0.717) is 6.04 Å². The number of hydrogen-bond acceptors (Lipinski definition) is 2. The maximum absolute atomic E-state index is 6.31. The fraction of sp³-hybridized carbons (Fsp3) is 0.600. The highest BCUT2D eigenvalue weighted by Gasteiger charge is 2.37. The first-order valence-corrected chi connectivity index (χ1v) is 6.99. The molecule has 1 saturated heterocycles. The average Bonchev–Trinajstić information content (AvgIpc) is 2.76. The molecule has 0 radical (unpaired) electrons. The lowest BCUT2D eigenvalue weighted by atomic mass is 9.88. The van der Waals surface area contributed by atoms with Crippen LogP contribution in [0.4, 0.5) is 0 Å². The van der Waals surface area contributed by atoms with Crippen LogP contribution in [-0.4, -0.2) is 25.3 Å². The van der Waals surface area contributed by atoms with E-state index >= 15 is 0 Å². The minimum Gasteiger partial charge on any atom is -0.374 e. The lowest BCUT2D eigenvalue weighted by molar-refractivity contribution is -0.00942. The topological polar surface area (TPSA) is 21.3 Å². The van der Waals surface area contributed by atoms with Crippen molar-refractivity contribution in [2.24, 2.45) is 0 Å². The molecule has 0 bridgehead atoms. The van der Waals surface area contributed by atoms with E-state index in [-0.39, 0.29) is 5.60 Å². The van der Waals surface area contributed by atoms with Crippen LogP contribution in [0.3, 0.4) is 0 Å². The molecule has 0 spiro atoms. The van der Waals surface area contributed by atoms with Crippen molar-refractivity contribution in [3.8, 4) is 0 Å². The fourth-order valence-electron chi connectivity index (χ4n) is 2.74. The van der Waals surface area contributed by atoms with Crippen molar-refractivity contribution < 1.29 is 4.74 Å². The summed E-state index contributed by atoms with van der Waals surface area (Å²) in [5.74, 6) is 0. The molecule has 0 amide bonds. The molecule has 2 unspecified atom stereocenters. The van der Waals surface area contributed by atoms with Gasteiger partial charge in [-0.2, -0.15) is 0 Å². The summed E-state index contributed by atoms with van der Waals surface area (Å²) in [6, 6.07) is 6.58. The Morgan fingerprint density at radius 2 is 2.28 bits per heavy atom. The second-order valence-corrected chi connectivity index (χ2v) is 5.81. The number of hydrogen-bond donors (Lipinski definition) is 1. The normalized spacial score (nSPS) is 25.3. The number of likely N-dealkylation sites (N-methyl/N-ethyl adjacent to an activating group) is 1. The quantitative estimate of drug-likeness (QED) is 0.903. The van der Waals surface area contributed by atoms with Crippen LogP contribution in [-0.2, 0) is 11.2 Å². The lowest BCUT2D eigenvalue weighted by Gasteiger charge is -2.33. The Morgan fingerprint density at radius 1 is 1.50 bits per heavy atom. The SMILES string of the molecule is CNC(Cc1ccc(C)cc1Cl)C1(C)CCCO1. The fourth-order valence-corrected chi connectivity index (χ4v) is 3.05. The second kappa shape index (κ2) is 5.60. The van der Waals surface area contributed by atoms with E-state index in [4.69, 9.17) is 16.3 Å². The zero-order valence-electron chi connectivity index (χ0n) is 11.4. The first-order valence-electron chi connectivity index (χ1n) is 6.61. The summed E-state index contributed by atoms with van der Waals surface area (Å²) in [6.45, 7) is 5.13. The number of nitrogens with one attached hydrogen (secondary N) is 1. The Labute approximate surface area is 115 Å². The maximum atomic E-state index is 6.31. The third-order valence-corrected chi connectivity index (χ3v) is 4.32. The molecule has 1 aliphatic rings. The molecule has 0 aromatic heterocycles. The third-order valence-electron chi connectivity index (χ3n) is 3.97. The van der Waals surface area contributed by atoms with E-state index in [9.17, 15) is 0 Å². The molecule has 2 atom stereocenters. The van der Waals surface area contributed by atoms with Crippen LogP contribution in [0, 0.1) is 6.92 Å². The van der Waals surface area contributed by atoms with Crippen molar-refractivity contribution in [3.05, 3.63) is 34.3 Å². The van der Waals surface area contributed by atoms with Gasteiger partial charge in [-0.1, -0.05) is 23.7 Å². The minimum atomic E-state index is -0.0665. The van der Waals surface area contributed by atoms with E-state index in [1.165, 1.54) is 11.1 Å². The molecule has 1 aromatic carbocycles. The van der Waals surface area contributed by atoms with Crippen molar-refractivity contribution in [3.63, 3.8) is 0 Å². The molecule has 100 valence electrons. The van der Waals surface area contributed by atoms with Crippen molar-refractivity contribution >= 4 is 11.6 Å². The van der Waals surface area contributed by atoms with Gasteiger partial charge in [-0.15, -0.1) is 0 Å². The summed E-state index contributed by atoms with van der Waals surface area (Å²) in [5, 5.41) is 4.25. The van der Waals surface area contributed by atoms with E-state index < -0.39 is 0 Å². The Hall–Kier alpha value is -0.570. The zero-order chi connectivity index (χ0) is 13.2. The van der Waals surface area contributed by atoms with Crippen LogP contribution in [0.2, 0.25) is 5.02 Å². The summed E-state index contributed by atoms with van der Waals surface area (Å²) in [5.41, 5.74) is 2.33. The largest absolute Gasteiger partial charge is 0.374 e. The van der Waals surface area contributed by atoms with Crippen LogP contribution in [0.15, 0.2) is 18.2 Å². The molecule has 0 saturated carbocycles. The van der Waals surface area contributed by atoms with Gasteiger partial charge in [0.25, 0.3) is 0 Å². The molecule has 18 heavy (non-hydrogen) atoms. The van der Waals surface area contributed by atoms with Gasteiger partial charge in [0.1, 0.15) is 0 Å². The van der Waals surface area contributed by atoms with Crippen LogP contribution >= 0.6 is 11.6 Å². The van der Waals surface area contributed by atoms with Crippen LogP contribution in [0.5, 0.6) is 0 Å². The molecule has 1 N–H and O–H groups in total. The molecule has 1 aromatic rings. The monoisotopic (exact) mass is 267 g/mol. The summed E-state index contributed by atoms with van der Waals surface area (Å²) >= 11 is 6.31. The molecule has 1 fully saturated rings. The summed E-state index contributed by atoms with van der Waals surface area (Å²) < 4.78 is 5.92. The van der Waals surface area contributed by atoms with E-state index in [1.807, 2.05) is 13.1 Å². The van der Waals surface area contributed by atoms with Gasteiger partial charge in [-0.05, 0) is 57.4 Å². The highest BCUT2D eigenvalue weighted by molar-refractivity contribution is 6.31. The molecule has 3 heteroatoms. The van der Waals surface area contributed by atoms with Crippen molar-refractivity contribution in [1.29, 1.82) is 0 Å². The number of rotatable bonds is 4. The van der Waals surface area contributed by atoms with E-state index in [1.54, 1.807) is 0 Å². The average molecular weight is 268 g/mol. The van der Waals surface area contributed by atoms with Crippen molar-refractivity contribution in [2.45, 2.75) is 44.8 Å².